The van der Waals surface area contributed by atoms with Crippen LogP contribution in [-0.2, 0) is 9.59 Å². The maximum absolute atomic E-state index is 13.1. The summed E-state index contributed by atoms with van der Waals surface area (Å²) in [5.74, 6) is -0.0833. The molecule has 126 valence electrons. The van der Waals surface area contributed by atoms with Crippen LogP contribution in [0.5, 0.6) is 0 Å². The lowest BCUT2D eigenvalue weighted by Crippen LogP contribution is -2.35. The van der Waals surface area contributed by atoms with Gasteiger partial charge in [0.15, 0.2) is 0 Å². The number of benzene rings is 1. The third kappa shape index (κ3) is 2.46. The molecule has 1 saturated heterocycles. The van der Waals surface area contributed by atoms with Gasteiger partial charge < -0.3 is 10.2 Å². The average molecular weight is 324 g/mol. The number of fused-ring (bicyclic) bond motifs is 1. The number of rotatable bonds is 5. The predicted octanol–water partition coefficient (Wildman–Crippen LogP) is 3.62. The molecule has 2 aliphatic heterocycles. The summed E-state index contributed by atoms with van der Waals surface area (Å²) in [4.78, 5) is 27.6. The first-order chi connectivity index (χ1) is 11.6. The highest BCUT2D eigenvalue weighted by Crippen LogP contribution is 2.43. The van der Waals surface area contributed by atoms with Gasteiger partial charge in [-0.1, -0.05) is 44.5 Å². The molecule has 1 N–H and O–H groups in total. The van der Waals surface area contributed by atoms with E-state index in [0.29, 0.717) is 17.7 Å². The normalized spacial score (nSPS) is 25.8. The molecule has 0 bridgehead atoms. The van der Waals surface area contributed by atoms with Crippen molar-refractivity contribution in [2.75, 3.05) is 11.9 Å². The van der Waals surface area contributed by atoms with E-state index in [1.54, 1.807) is 6.08 Å². The molecular weight excluding hydrogens is 300 g/mol. The van der Waals surface area contributed by atoms with E-state index in [4.69, 9.17) is 0 Å². The molecular formula is C20H24N2O2. The number of anilines is 1. The number of carbonyl (C=O) groups excluding carboxylic acids is 2. The molecule has 2 unspecified atom stereocenters. The number of nitrogens with one attached hydrogen (secondary N) is 1. The average Bonchev–Trinajstić information content (AvgIpc) is 3.03. The summed E-state index contributed by atoms with van der Waals surface area (Å²) in [6.45, 7) is 8.54. The van der Waals surface area contributed by atoms with Crippen molar-refractivity contribution in [3.05, 3.63) is 48.1 Å². The Morgan fingerprint density at radius 3 is 2.67 bits per heavy atom. The molecule has 4 heteroatoms. The molecule has 4 nitrogen and oxygen atoms in total. The molecule has 0 spiro atoms. The Hall–Kier alpha value is -2.36. The highest BCUT2D eigenvalue weighted by Gasteiger charge is 2.45. The van der Waals surface area contributed by atoms with Gasteiger partial charge in [0.2, 0.25) is 0 Å². The number of hydrogen-bond donors (Lipinski definition) is 1. The Labute approximate surface area is 143 Å². The van der Waals surface area contributed by atoms with Crippen LogP contribution >= 0.6 is 0 Å². The van der Waals surface area contributed by atoms with Crippen LogP contribution in [0.1, 0.15) is 38.7 Å². The molecule has 0 saturated carbocycles. The first-order valence-corrected chi connectivity index (χ1v) is 8.70. The molecule has 0 aliphatic carbocycles. The van der Waals surface area contributed by atoms with Crippen molar-refractivity contribution in [2.45, 2.75) is 39.2 Å². The molecule has 2 aliphatic rings. The highest BCUT2D eigenvalue weighted by molar-refractivity contribution is 6.35. The molecule has 0 radical (unpaired) electrons. The van der Waals surface area contributed by atoms with Crippen LogP contribution in [0.2, 0.25) is 0 Å². The fourth-order valence-corrected chi connectivity index (χ4v) is 4.04. The summed E-state index contributed by atoms with van der Waals surface area (Å²) in [6, 6.07) is 7.75. The molecule has 2 heterocycles. The summed E-state index contributed by atoms with van der Waals surface area (Å²) in [6.07, 6.45) is 4.56. The predicted molar refractivity (Wildman–Crippen MR) is 96.4 cm³/mol. The van der Waals surface area contributed by atoms with E-state index >= 15 is 0 Å². The Morgan fingerprint density at radius 1 is 1.25 bits per heavy atom. The number of amides is 2. The molecule has 2 amide bonds. The maximum atomic E-state index is 13.1. The lowest BCUT2D eigenvalue weighted by Gasteiger charge is -2.26. The van der Waals surface area contributed by atoms with Gasteiger partial charge in [-0.05, 0) is 18.9 Å². The van der Waals surface area contributed by atoms with Crippen molar-refractivity contribution in [3.63, 3.8) is 0 Å². The van der Waals surface area contributed by atoms with Crippen molar-refractivity contribution in [3.8, 4) is 0 Å². The summed E-state index contributed by atoms with van der Waals surface area (Å²) in [7, 11) is 0. The molecule has 0 aromatic heterocycles. The summed E-state index contributed by atoms with van der Waals surface area (Å²) >= 11 is 0. The second kappa shape index (κ2) is 6.63. The van der Waals surface area contributed by atoms with E-state index < -0.39 is 0 Å². The van der Waals surface area contributed by atoms with Crippen molar-refractivity contribution in [1.29, 1.82) is 0 Å². The Kier molecular flexibility index (Phi) is 4.56. The van der Waals surface area contributed by atoms with E-state index in [-0.39, 0.29) is 23.8 Å². The largest absolute Gasteiger partial charge is 0.332 e. The topological polar surface area (TPSA) is 49.4 Å². The van der Waals surface area contributed by atoms with Crippen molar-refractivity contribution in [2.24, 2.45) is 5.92 Å². The van der Waals surface area contributed by atoms with Crippen molar-refractivity contribution >= 4 is 23.1 Å². The first kappa shape index (κ1) is 16.5. The summed E-state index contributed by atoms with van der Waals surface area (Å²) < 4.78 is 0. The standard InChI is InChI=1S/C20H24N2O2/c1-4-9-16-13(6-3)18(20(24)22(16)12-5-2)17-14-10-7-8-11-15(14)21-19(17)23/h5,7-8,10-11,13,16H,2,4,6,9,12H2,1,3H3,(H,21,23)/b18-17+. The van der Waals surface area contributed by atoms with Crippen LogP contribution in [0.25, 0.3) is 5.57 Å². The van der Waals surface area contributed by atoms with Crippen LogP contribution in [-0.4, -0.2) is 29.3 Å². The monoisotopic (exact) mass is 324 g/mol. The Morgan fingerprint density at radius 2 is 2.00 bits per heavy atom. The van der Waals surface area contributed by atoms with Gasteiger partial charge in [0.1, 0.15) is 0 Å². The minimum absolute atomic E-state index is 0.0120. The number of nitrogens with zero attached hydrogens (tertiary/aromatic N) is 1. The zero-order valence-electron chi connectivity index (χ0n) is 14.3. The van der Waals surface area contributed by atoms with Gasteiger partial charge in [-0.2, -0.15) is 0 Å². The van der Waals surface area contributed by atoms with Crippen LogP contribution < -0.4 is 5.32 Å². The highest BCUT2D eigenvalue weighted by atomic mass is 16.2. The maximum Gasteiger partial charge on any atom is 0.256 e. The molecule has 1 aromatic carbocycles. The Bertz CT molecular complexity index is 720. The van der Waals surface area contributed by atoms with Gasteiger partial charge in [0.05, 0.1) is 5.57 Å². The smallest absolute Gasteiger partial charge is 0.256 e. The lowest BCUT2D eigenvalue weighted by molar-refractivity contribution is -0.126. The molecule has 24 heavy (non-hydrogen) atoms. The van der Waals surface area contributed by atoms with Crippen LogP contribution in [0.15, 0.2) is 42.5 Å². The van der Waals surface area contributed by atoms with Crippen molar-refractivity contribution in [1.82, 2.24) is 4.90 Å². The van der Waals surface area contributed by atoms with Crippen LogP contribution in [0, 0.1) is 5.92 Å². The summed E-state index contributed by atoms with van der Waals surface area (Å²) in [5.41, 5.74) is 2.89. The van der Waals surface area contributed by atoms with Crippen LogP contribution in [0.4, 0.5) is 5.69 Å². The third-order valence-corrected chi connectivity index (χ3v) is 5.02. The first-order valence-electron chi connectivity index (χ1n) is 8.70. The van der Waals surface area contributed by atoms with E-state index in [2.05, 4.69) is 25.7 Å². The molecule has 3 rings (SSSR count). The minimum Gasteiger partial charge on any atom is -0.332 e. The van der Waals surface area contributed by atoms with Crippen LogP contribution in [0.3, 0.4) is 0 Å². The van der Waals surface area contributed by atoms with Gasteiger partial charge in [-0.15, -0.1) is 6.58 Å². The molecule has 1 fully saturated rings. The number of likely N-dealkylation sites (tertiary alicyclic amines) is 1. The number of carbonyl (C=O) groups is 2. The van der Waals surface area contributed by atoms with E-state index in [1.165, 1.54) is 0 Å². The van der Waals surface area contributed by atoms with Gasteiger partial charge >= 0.3 is 0 Å². The fraction of sp³-hybridized carbons (Fsp3) is 0.400. The quantitative estimate of drug-likeness (QED) is 0.664. The fourth-order valence-electron chi connectivity index (χ4n) is 4.04. The van der Waals surface area contributed by atoms with E-state index in [1.807, 2.05) is 29.2 Å². The van der Waals surface area contributed by atoms with Gasteiger partial charge in [-0.25, -0.2) is 0 Å². The van der Waals surface area contributed by atoms with Gasteiger partial charge in [0.25, 0.3) is 11.8 Å². The lowest BCUT2D eigenvalue weighted by atomic mass is 9.86. The molecule has 1 aromatic rings. The van der Waals surface area contributed by atoms with E-state index in [9.17, 15) is 9.59 Å². The SMILES string of the molecule is C=CCN1C(=O)/C(=C2/C(=O)Nc3ccccc32)C(CC)C1CCC. The van der Waals surface area contributed by atoms with Crippen molar-refractivity contribution < 1.29 is 9.59 Å². The summed E-state index contributed by atoms with van der Waals surface area (Å²) in [5, 5.41) is 2.90. The zero-order chi connectivity index (χ0) is 17.3. The third-order valence-electron chi connectivity index (χ3n) is 5.02. The van der Waals surface area contributed by atoms with E-state index in [0.717, 1.165) is 30.5 Å². The second-order valence-corrected chi connectivity index (χ2v) is 6.41. The van der Waals surface area contributed by atoms with Gasteiger partial charge in [-0.3, -0.25) is 9.59 Å². The minimum atomic E-state index is -0.159. The number of hydrogen-bond acceptors (Lipinski definition) is 2. The second-order valence-electron chi connectivity index (χ2n) is 6.41. The van der Waals surface area contributed by atoms with Gasteiger partial charge in [0, 0.05) is 35.3 Å². The Balaban J connectivity index is 2.16. The number of para-hydroxylation sites is 1. The zero-order valence-corrected chi connectivity index (χ0v) is 14.3. The molecule has 2 atom stereocenters.